The second-order valence-electron chi connectivity index (χ2n) is 5.11. The van der Waals surface area contributed by atoms with Crippen molar-refractivity contribution in [2.45, 2.75) is 24.8 Å². The van der Waals surface area contributed by atoms with Crippen molar-refractivity contribution in [2.75, 3.05) is 6.54 Å². The lowest BCUT2D eigenvalue weighted by atomic mass is 9.76. The number of rotatable bonds is 2. The summed E-state index contributed by atoms with van der Waals surface area (Å²) < 4.78 is 0. The first-order valence-corrected chi connectivity index (χ1v) is 6.47. The van der Waals surface area contributed by atoms with Gasteiger partial charge >= 0.3 is 6.03 Å². The molecule has 2 aliphatic rings. The van der Waals surface area contributed by atoms with E-state index in [4.69, 9.17) is 0 Å². The van der Waals surface area contributed by atoms with Crippen LogP contribution < -0.4 is 10.4 Å². The first-order valence-electron chi connectivity index (χ1n) is 6.47. The number of carboxylic acids is 1. The molecule has 1 fully saturated rings. The molecule has 20 heavy (non-hydrogen) atoms. The minimum atomic E-state index is -1.45. The van der Waals surface area contributed by atoms with Crippen LogP contribution in [0.5, 0.6) is 0 Å². The minimum Gasteiger partial charge on any atom is -0.548 e. The van der Waals surface area contributed by atoms with E-state index in [1.54, 1.807) is 0 Å². The summed E-state index contributed by atoms with van der Waals surface area (Å²) >= 11 is 0. The van der Waals surface area contributed by atoms with Crippen LogP contribution in [-0.4, -0.2) is 29.4 Å². The normalized spacial score (nSPS) is 24.7. The van der Waals surface area contributed by atoms with Gasteiger partial charge in [-0.05, 0) is 30.4 Å². The topological polar surface area (TPSA) is 89.5 Å². The number of amides is 3. The van der Waals surface area contributed by atoms with Gasteiger partial charge in [0.05, 0.1) is 12.5 Å². The molecular weight excluding hydrogens is 260 g/mol. The van der Waals surface area contributed by atoms with Crippen molar-refractivity contribution in [1.29, 1.82) is 0 Å². The molecule has 1 aromatic carbocycles. The number of hydrogen-bond donors (Lipinski definition) is 1. The SMILES string of the molecule is O=C([O-])CN1C(=O)N[C@@]2(CCCc3ccccc32)C1=O. The molecule has 3 rings (SSSR count). The maximum absolute atomic E-state index is 12.5. The number of fused-ring (bicyclic) bond motifs is 2. The van der Waals surface area contributed by atoms with E-state index in [-0.39, 0.29) is 0 Å². The number of urea groups is 1. The number of carboxylic acid groups (broad SMARTS) is 1. The van der Waals surface area contributed by atoms with E-state index in [0.717, 1.165) is 28.9 Å². The Balaban J connectivity index is 2.05. The van der Waals surface area contributed by atoms with E-state index < -0.39 is 30.0 Å². The summed E-state index contributed by atoms with van der Waals surface area (Å²) in [5.41, 5.74) is 0.676. The number of aryl methyl sites for hydroxylation is 1. The number of hydrogen-bond acceptors (Lipinski definition) is 4. The zero-order valence-electron chi connectivity index (χ0n) is 10.7. The Kier molecular flexibility index (Phi) is 2.74. The average Bonchev–Trinajstić information content (AvgIpc) is 2.64. The molecule has 1 atom stereocenters. The van der Waals surface area contributed by atoms with E-state index in [0.29, 0.717) is 6.42 Å². The molecule has 6 nitrogen and oxygen atoms in total. The van der Waals surface area contributed by atoms with Crippen LogP contribution in [0.3, 0.4) is 0 Å². The number of carbonyl (C=O) groups is 3. The van der Waals surface area contributed by atoms with Gasteiger partial charge in [-0.1, -0.05) is 24.3 Å². The number of aliphatic carboxylic acids is 1. The lowest BCUT2D eigenvalue weighted by Crippen LogP contribution is -2.47. The molecule has 0 radical (unpaired) electrons. The summed E-state index contributed by atoms with van der Waals surface area (Å²) in [5.74, 6) is -1.95. The van der Waals surface area contributed by atoms with Crippen LogP contribution in [0.15, 0.2) is 24.3 Å². The molecule has 0 unspecified atom stereocenters. The van der Waals surface area contributed by atoms with Gasteiger partial charge in [0.25, 0.3) is 5.91 Å². The van der Waals surface area contributed by atoms with E-state index in [9.17, 15) is 19.5 Å². The van der Waals surface area contributed by atoms with Gasteiger partial charge < -0.3 is 15.2 Å². The van der Waals surface area contributed by atoms with E-state index in [2.05, 4.69) is 5.32 Å². The molecule has 1 aliphatic carbocycles. The number of nitrogens with one attached hydrogen (secondary N) is 1. The fraction of sp³-hybridized carbons (Fsp3) is 0.357. The van der Waals surface area contributed by atoms with Gasteiger partial charge in [-0.25, -0.2) is 4.79 Å². The second kappa shape index (κ2) is 4.33. The van der Waals surface area contributed by atoms with Crippen LogP contribution in [0, 0.1) is 0 Å². The smallest absolute Gasteiger partial charge is 0.325 e. The largest absolute Gasteiger partial charge is 0.548 e. The first kappa shape index (κ1) is 12.7. The maximum Gasteiger partial charge on any atom is 0.325 e. The highest BCUT2D eigenvalue weighted by atomic mass is 16.4. The second-order valence-corrected chi connectivity index (χ2v) is 5.11. The molecule has 0 saturated carbocycles. The molecule has 1 spiro atoms. The summed E-state index contributed by atoms with van der Waals surface area (Å²) in [4.78, 5) is 35.8. The van der Waals surface area contributed by atoms with Crippen molar-refractivity contribution in [2.24, 2.45) is 0 Å². The Morgan fingerprint density at radius 1 is 1.35 bits per heavy atom. The van der Waals surface area contributed by atoms with Crippen LogP contribution in [0.4, 0.5) is 4.79 Å². The molecule has 0 bridgehead atoms. The number of benzene rings is 1. The van der Waals surface area contributed by atoms with Crippen LogP contribution in [0.1, 0.15) is 24.0 Å². The highest BCUT2D eigenvalue weighted by molar-refractivity contribution is 6.09. The van der Waals surface area contributed by atoms with Gasteiger partial charge in [0.2, 0.25) is 0 Å². The van der Waals surface area contributed by atoms with E-state index in [1.165, 1.54) is 0 Å². The molecule has 104 valence electrons. The highest BCUT2D eigenvalue weighted by Crippen LogP contribution is 2.39. The fourth-order valence-electron chi connectivity index (χ4n) is 3.08. The maximum atomic E-state index is 12.5. The summed E-state index contributed by atoms with van der Waals surface area (Å²) in [6.07, 6.45) is 2.10. The number of nitrogens with zero attached hydrogens (tertiary/aromatic N) is 1. The average molecular weight is 273 g/mol. The third-order valence-electron chi connectivity index (χ3n) is 3.94. The molecule has 1 N–H and O–H groups in total. The van der Waals surface area contributed by atoms with Crippen molar-refractivity contribution in [3.8, 4) is 0 Å². The molecule has 1 aliphatic heterocycles. The lowest BCUT2D eigenvalue weighted by Gasteiger charge is -2.33. The summed E-state index contributed by atoms with van der Waals surface area (Å²) in [5, 5.41) is 13.4. The standard InChI is InChI=1S/C14H14N2O4/c17-11(18)8-16-12(19)14(15-13(16)20)7-3-5-9-4-1-2-6-10(9)14/h1-2,4,6H,3,5,7-8H2,(H,15,20)(H,17,18)/p-1/t14-/m1/s1. The predicted octanol–water partition coefficient (Wildman–Crippen LogP) is -0.480. The van der Waals surface area contributed by atoms with Crippen molar-refractivity contribution in [1.82, 2.24) is 10.2 Å². The summed E-state index contributed by atoms with van der Waals surface area (Å²) in [6, 6.07) is 6.77. The predicted molar refractivity (Wildman–Crippen MR) is 66.3 cm³/mol. The van der Waals surface area contributed by atoms with Crippen molar-refractivity contribution >= 4 is 17.9 Å². The number of imide groups is 1. The Morgan fingerprint density at radius 3 is 2.85 bits per heavy atom. The molecule has 1 aromatic rings. The Labute approximate surface area is 115 Å². The monoisotopic (exact) mass is 273 g/mol. The van der Waals surface area contributed by atoms with Gasteiger partial charge in [-0.3, -0.25) is 9.69 Å². The minimum absolute atomic E-state index is 0.484. The fourth-order valence-corrected chi connectivity index (χ4v) is 3.08. The van der Waals surface area contributed by atoms with Crippen LogP contribution in [0.2, 0.25) is 0 Å². The quantitative estimate of drug-likeness (QED) is 0.737. The van der Waals surface area contributed by atoms with Gasteiger partial charge in [0, 0.05) is 0 Å². The van der Waals surface area contributed by atoms with Crippen LogP contribution in [-0.2, 0) is 21.5 Å². The Bertz CT molecular complexity index is 613. The molecule has 6 heteroatoms. The van der Waals surface area contributed by atoms with E-state index in [1.807, 2.05) is 24.3 Å². The van der Waals surface area contributed by atoms with E-state index >= 15 is 0 Å². The third kappa shape index (κ3) is 1.68. The highest BCUT2D eigenvalue weighted by Gasteiger charge is 2.53. The molecule has 3 amide bonds. The Morgan fingerprint density at radius 2 is 2.10 bits per heavy atom. The van der Waals surface area contributed by atoms with Gasteiger partial charge in [-0.2, -0.15) is 0 Å². The molecular formula is C14H13N2O4-. The summed E-state index contributed by atoms with van der Waals surface area (Å²) in [6.45, 7) is -0.714. The van der Waals surface area contributed by atoms with Crippen molar-refractivity contribution < 1.29 is 19.5 Å². The van der Waals surface area contributed by atoms with Crippen LogP contribution in [0.25, 0.3) is 0 Å². The Hall–Kier alpha value is -2.37. The van der Waals surface area contributed by atoms with Gasteiger partial charge in [-0.15, -0.1) is 0 Å². The zero-order valence-corrected chi connectivity index (χ0v) is 10.7. The van der Waals surface area contributed by atoms with Gasteiger partial charge in [0.1, 0.15) is 5.54 Å². The first-order chi connectivity index (χ1) is 9.54. The lowest BCUT2D eigenvalue weighted by molar-refractivity contribution is -0.305. The third-order valence-corrected chi connectivity index (χ3v) is 3.94. The van der Waals surface area contributed by atoms with Crippen molar-refractivity contribution in [3.05, 3.63) is 35.4 Å². The molecule has 1 heterocycles. The molecule has 0 aromatic heterocycles. The van der Waals surface area contributed by atoms with Crippen LogP contribution >= 0.6 is 0 Å². The molecule has 1 saturated heterocycles. The number of carbonyl (C=O) groups excluding carboxylic acids is 3. The van der Waals surface area contributed by atoms with Gasteiger partial charge in [0.15, 0.2) is 0 Å². The van der Waals surface area contributed by atoms with Crippen molar-refractivity contribution in [3.63, 3.8) is 0 Å². The summed E-state index contributed by atoms with van der Waals surface area (Å²) in [7, 11) is 0. The zero-order chi connectivity index (χ0) is 14.3.